The van der Waals surface area contributed by atoms with Crippen LogP contribution in [0.4, 0.5) is 0 Å². The number of hydrogen-bond donors (Lipinski definition) is 6. The molecule has 0 spiro atoms. The topological polar surface area (TPSA) is 121 Å². The van der Waals surface area contributed by atoms with Crippen LogP contribution in [0.5, 0.6) is 17.2 Å². The summed E-state index contributed by atoms with van der Waals surface area (Å²) in [5, 5.41) is 39.1. The van der Waals surface area contributed by atoms with Crippen LogP contribution in [-0.2, 0) is 27.1 Å². The Morgan fingerprint density at radius 2 is 0.393 bits per heavy atom. The summed E-state index contributed by atoms with van der Waals surface area (Å²) >= 11 is 0. The first-order valence-corrected chi connectivity index (χ1v) is 55.2. The fraction of sp³-hybridized carbons (Fsp3) is 0.843. The van der Waals surface area contributed by atoms with Gasteiger partial charge >= 0.3 is 8.60 Å². The average molecular weight is 1720 g/mol. The van der Waals surface area contributed by atoms with Gasteiger partial charge in [0.2, 0.25) is 0 Å². The molecule has 1 atom stereocenters. The van der Waals surface area contributed by atoms with Crippen LogP contribution in [0.25, 0.3) is 0 Å². The Bertz CT molecular complexity index is 2830. The van der Waals surface area contributed by atoms with Crippen LogP contribution >= 0.6 is 8.60 Å². The molecule has 0 bridgehead atoms. The molecule has 3 rings (SSSR count). The second-order valence-corrected chi connectivity index (χ2v) is 43.6. The van der Waals surface area contributed by atoms with Gasteiger partial charge in [0, 0.05) is 10.8 Å². The second-order valence-electron chi connectivity index (χ2n) is 43.0. The number of phenols is 3. The molecule has 0 aliphatic heterocycles. The maximum atomic E-state index is 13.1. The molecule has 0 fully saturated rings. The van der Waals surface area contributed by atoms with Gasteiger partial charge in [0.15, 0.2) is 0 Å². The van der Waals surface area contributed by atoms with Crippen molar-refractivity contribution in [2.75, 3.05) is 0 Å². The highest BCUT2D eigenvalue weighted by Crippen LogP contribution is 2.71. The third-order valence-corrected chi connectivity index (χ3v) is 29.3. The molecule has 0 aliphatic rings. The Hall–Kier alpha value is -2.63. The molecule has 3 aromatic rings. The number of aryl methyl sites for hydroxylation is 3. The van der Waals surface area contributed by atoms with E-state index in [1.54, 1.807) is 5.56 Å². The molecule has 0 radical (unpaired) electrons. The van der Waals surface area contributed by atoms with Crippen LogP contribution in [0.3, 0.4) is 0 Å². The van der Waals surface area contributed by atoms with Crippen molar-refractivity contribution < 1.29 is 30.0 Å². The highest BCUT2D eigenvalue weighted by Gasteiger charge is 2.66. The minimum Gasteiger partial charge on any atom is -0.508 e. The molecule has 122 heavy (non-hydrogen) atoms. The van der Waals surface area contributed by atoms with Gasteiger partial charge in [0.05, 0.1) is 0 Å². The normalized spacial score (nSPS) is 13.0. The van der Waals surface area contributed by atoms with Crippen molar-refractivity contribution in [2.45, 2.75) is 614 Å². The van der Waals surface area contributed by atoms with Gasteiger partial charge in [0.1, 0.15) is 17.2 Å². The largest absolute Gasteiger partial charge is 0.508 e. The smallest absolute Gasteiger partial charge is 0.324 e. The van der Waals surface area contributed by atoms with Crippen molar-refractivity contribution >= 4 is 8.60 Å². The van der Waals surface area contributed by atoms with Crippen molar-refractivity contribution in [3.8, 4) is 17.2 Å². The van der Waals surface area contributed by atoms with E-state index in [2.05, 4.69) is 161 Å². The molecule has 712 valence electrons. The monoisotopic (exact) mass is 1720 g/mol. The van der Waals surface area contributed by atoms with E-state index in [1.807, 2.05) is 0 Å². The van der Waals surface area contributed by atoms with Gasteiger partial charge < -0.3 is 30.0 Å². The summed E-state index contributed by atoms with van der Waals surface area (Å²) in [5.74, 6) is 1.74. The van der Waals surface area contributed by atoms with Gasteiger partial charge in [-0.15, -0.1) is 0 Å². The van der Waals surface area contributed by atoms with Crippen molar-refractivity contribution in [1.82, 2.24) is 0 Å². The van der Waals surface area contributed by atoms with Gasteiger partial charge in [-0.05, 0) is 155 Å². The lowest BCUT2D eigenvalue weighted by atomic mass is 9.37. The van der Waals surface area contributed by atoms with Crippen LogP contribution in [-0.4, -0.2) is 30.0 Å². The van der Waals surface area contributed by atoms with Crippen molar-refractivity contribution in [2.24, 2.45) is 11.3 Å². The quantitative estimate of drug-likeness (QED) is 0.0247. The zero-order valence-corrected chi connectivity index (χ0v) is 86.0. The van der Waals surface area contributed by atoms with Crippen molar-refractivity contribution in [3.63, 3.8) is 0 Å². The molecular weight excluding hydrogens is 1510 g/mol. The van der Waals surface area contributed by atoms with Gasteiger partial charge in [-0.25, -0.2) is 0 Å². The summed E-state index contributed by atoms with van der Waals surface area (Å²) in [6.45, 7) is 43.0. The Labute approximate surface area is 762 Å². The number of aromatic hydroxyl groups is 3. The number of benzene rings is 3. The van der Waals surface area contributed by atoms with E-state index in [9.17, 15) is 15.3 Å². The predicted octanol–water partition coefficient (Wildman–Crippen LogP) is 38.8. The third-order valence-electron chi connectivity index (χ3n) is 29.3. The van der Waals surface area contributed by atoms with Crippen molar-refractivity contribution in [3.05, 3.63) is 86.5 Å². The number of unbranched alkanes of at least 4 members (excludes halogenated alkanes) is 60. The molecule has 1 unspecified atom stereocenters. The molecule has 6 nitrogen and oxygen atoms in total. The summed E-state index contributed by atoms with van der Waals surface area (Å²) in [4.78, 5) is 21.7. The Morgan fingerprint density at radius 1 is 0.221 bits per heavy atom. The Balaban J connectivity index is 0.0000123. The Kier molecular flexibility index (Phi) is 65.6. The SMILES string of the molecule is CCCCCCCCCCCCCC(CCCCCCCCCCCCC)C(CCCCCCCCCCCCC)(c1cc(C(C)(C)C)c(O)cc1C)C(CCCCCCCCCCCCC)(CCCCCCCCCCCCC)C(CCCCCCCCCCCCC)(c1cc(C(C)(C)C)c(O)cc1C)c1cc(C(C)(C)C)c(O)cc1C.OP(O)O. The van der Waals surface area contributed by atoms with Gasteiger partial charge in [-0.2, -0.15) is 0 Å². The van der Waals surface area contributed by atoms with Crippen LogP contribution in [0.1, 0.15) is 616 Å². The molecule has 0 heterocycles. The van der Waals surface area contributed by atoms with Crippen molar-refractivity contribution in [1.29, 1.82) is 0 Å². The first-order chi connectivity index (χ1) is 58.6. The van der Waals surface area contributed by atoms with E-state index >= 15 is 0 Å². The molecule has 0 aliphatic carbocycles. The van der Waals surface area contributed by atoms with E-state index in [0.717, 1.165) is 48.8 Å². The molecular formula is C115H211O6P. The molecule has 0 saturated carbocycles. The first kappa shape index (κ1) is 115. The van der Waals surface area contributed by atoms with E-state index in [-0.39, 0.29) is 27.1 Å². The lowest BCUT2D eigenvalue weighted by Crippen LogP contribution is -2.63. The maximum Gasteiger partial charge on any atom is 0.324 e. The van der Waals surface area contributed by atoms with Crippen LogP contribution in [0.15, 0.2) is 36.4 Å². The maximum absolute atomic E-state index is 13.1. The molecule has 3 aromatic carbocycles. The predicted molar refractivity (Wildman–Crippen MR) is 543 cm³/mol. The van der Waals surface area contributed by atoms with E-state index in [1.165, 1.54) is 458 Å². The molecule has 0 amide bonds. The van der Waals surface area contributed by atoms with Crippen LogP contribution < -0.4 is 0 Å². The minimum atomic E-state index is -2.62. The van der Waals surface area contributed by atoms with Crippen LogP contribution in [0, 0.1) is 32.1 Å². The van der Waals surface area contributed by atoms with E-state index in [4.69, 9.17) is 14.7 Å². The minimum absolute atomic E-state index is 0.304. The van der Waals surface area contributed by atoms with Gasteiger partial charge in [-0.3, -0.25) is 0 Å². The van der Waals surface area contributed by atoms with Gasteiger partial charge in [-0.1, -0.05) is 546 Å². The summed E-state index contributed by atoms with van der Waals surface area (Å²) in [6, 6.07) is 15.0. The molecule has 6 N–H and O–H groups in total. The molecule has 0 saturated heterocycles. The lowest BCUT2D eigenvalue weighted by Gasteiger charge is -2.66. The number of hydrogen-bond acceptors (Lipinski definition) is 6. The summed E-state index contributed by atoms with van der Waals surface area (Å²) in [6.07, 6.45) is 94.6. The number of phenolic OH excluding ortho intramolecular Hbond substituents is 3. The standard InChI is InChI=1S/C115H208O3.H3O3P/c1-19-25-31-37-43-49-55-61-67-73-79-85-100(86-80-74-68-62-56-50-44-38-32-26-20-2)114(89-83-77-71-65-59-53-47-41-35-29-23-5,101-94-104(110(10,11)12)107(116)91-97(101)7)113(87-81-75-69-63-57-51-45-39-33-27-21-3,88-82-76-70-64-58-52-46-40-34-28-22-4)115(90-84-78-72-66-60-54-48-42-36-30-24-6,102-95-105(111(13,14)15)108(117)92-98(102)8)103-96-106(112(16,17)18)109(118)93-99(103)9;1-4(2)3/h91-96,100,116-118H,19-90H2,1-18H3;1-3H. The Morgan fingerprint density at radius 3 is 0.607 bits per heavy atom. The van der Waals surface area contributed by atoms with Crippen LogP contribution in [0.2, 0.25) is 0 Å². The highest BCUT2D eigenvalue weighted by molar-refractivity contribution is 7.38. The highest BCUT2D eigenvalue weighted by atomic mass is 31.2. The molecule has 0 aromatic heterocycles. The fourth-order valence-electron chi connectivity index (χ4n) is 22.3. The average Bonchev–Trinajstić information content (AvgIpc) is 0.674. The van der Waals surface area contributed by atoms with E-state index in [0.29, 0.717) is 23.2 Å². The second kappa shape index (κ2) is 69.3. The summed E-state index contributed by atoms with van der Waals surface area (Å²) in [5.41, 5.74) is 9.31. The summed E-state index contributed by atoms with van der Waals surface area (Å²) < 4.78 is 0. The zero-order valence-electron chi connectivity index (χ0n) is 85.1. The van der Waals surface area contributed by atoms with E-state index < -0.39 is 14.0 Å². The lowest BCUT2D eigenvalue weighted by molar-refractivity contribution is -0.0508. The number of rotatable bonds is 78. The molecule has 7 heteroatoms. The third kappa shape index (κ3) is 45.3. The first-order valence-electron chi connectivity index (χ1n) is 54.0. The summed E-state index contributed by atoms with van der Waals surface area (Å²) in [7, 11) is -2.62. The zero-order chi connectivity index (χ0) is 90.2. The van der Waals surface area contributed by atoms with Gasteiger partial charge in [0.25, 0.3) is 0 Å². The fourth-order valence-corrected chi connectivity index (χ4v) is 22.3.